The van der Waals surface area contributed by atoms with E-state index in [1.54, 1.807) is 30.3 Å². The molecular weight excluding hydrogens is 476 g/mol. The fourth-order valence-corrected chi connectivity index (χ4v) is 4.50. The molecule has 0 saturated carbocycles. The first-order valence-electron chi connectivity index (χ1n) is 10.3. The Morgan fingerprint density at radius 2 is 1.68 bits per heavy atom. The number of halogens is 1. The van der Waals surface area contributed by atoms with Crippen LogP contribution in [0.2, 0.25) is 5.02 Å². The number of esters is 1. The number of sulfonamides is 1. The minimum Gasteiger partial charge on any atom is -0.465 e. The predicted octanol–water partition coefficient (Wildman–Crippen LogP) is 4.96. The highest BCUT2D eigenvalue weighted by Crippen LogP contribution is 2.26. The lowest BCUT2D eigenvalue weighted by molar-refractivity contribution is 0.0600. The van der Waals surface area contributed by atoms with Crippen molar-refractivity contribution in [1.82, 2.24) is 0 Å². The molecule has 0 unspecified atom stereocenters. The fraction of sp³-hybridized carbons (Fsp3) is 0.200. The molecule has 0 atom stereocenters. The maximum Gasteiger partial charge on any atom is 0.339 e. The third kappa shape index (κ3) is 5.95. The molecule has 3 rings (SSSR count). The molecule has 34 heavy (non-hydrogen) atoms. The standard InChI is InChI=1S/C25H25ClN2O5S/c1-16-5-6-17(2)23(13-16)28(34(4,31)32)15-18-7-9-19(10-8-18)24(29)27-20-11-12-22(26)21(14-20)25(30)33-3/h5-14H,15H2,1-4H3,(H,27,29). The minimum absolute atomic E-state index is 0.130. The van der Waals surface area contributed by atoms with Gasteiger partial charge in [-0.15, -0.1) is 0 Å². The highest BCUT2D eigenvalue weighted by Gasteiger charge is 2.20. The number of nitrogens with zero attached hydrogens (tertiary/aromatic N) is 1. The van der Waals surface area contributed by atoms with Gasteiger partial charge in [0.05, 0.1) is 36.2 Å². The minimum atomic E-state index is -3.53. The molecule has 0 aliphatic carbocycles. The lowest BCUT2D eigenvalue weighted by atomic mass is 10.1. The topological polar surface area (TPSA) is 92.8 Å². The van der Waals surface area contributed by atoms with Crippen molar-refractivity contribution in [2.75, 3.05) is 23.0 Å². The first-order chi connectivity index (χ1) is 16.0. The maximum atomic E-state index is 12.7. The molecule has 9 heteroatoms. The van der Waals surface area contributed by atoms with Crippen LogP contribution in [-0.4, -0.2) is 33.7 Å². The number of carbonyl (C=O) groups excluding carboxylic acids is 2. The normalized spacial score (nSPS) is 11.1. The Kier molecular flexibility index (Phi) is 7.64. The smallest absolute Gasteiger partial charge is 0.339 e. The van der Waals surface area contributed by atoms with E-state index in [0.29, 0.717) is 16.9 Å². The Bertz CT molecular complexity index is 1340. The van der Waals surface area contributed by atoms with Crippen molar-refractivity contribution in [1.29, 1.82) is 0 Å². The van der Waals surface area contributed by atoms with Crippen LogP contribution >= 0.6 is 11.6 Å². The first kappa shape index (κ1) is 25.3. The summed E-state index contributed by atoms with van der Waals surface area (Å²) >= 11 is 6.02. The lowest BCUT2D eigenvalue weighted by Gasteiger charge is -2.25. The van der Waals surface area contributed by atoms with Crippen LogP contribution in [0.25, 0.3) is 0 Å². The number of amides is 1. The van der Waals surface area contributed by atoms with Gasteiger partial charge in [-0.05, 0) is 66.9 Å². The second-order valence-corrected chi connectivity index (χ2v) is 10.2. The summed E-state index contributed by atoms with van der Waals surface area (Å²) < 4.78 is 31.1. The van der Waals surface area contributed by atoms with Gasteiger partial charge in [0.2, 0.25) is 10.0 Å². The number of aryl methyl sites for hydroxylation is 2. The molecule has 0 heterocycles. The van der Waals surface area contributed by atoms with E-state index >= 15 is 0 Å². The second kappa shape index (κ2) is 10.3. The van der Waals surface area contributed by atoms with Gasteiger partial charge in [-0.2, -0.15) is 0 Å². The predicted molar refractivity (Wildman–Crippen MR) is 134 cm³/mol. The molecular formula is C25H25ClN2O5S. The molecule has 0 aliphatic rings. The molecule has 178 valence electrons. The third-order valence-electron chi connectivity index (χ3n) is 5.21. The van der Waals surface area contributed by atoms with Gasteiger partial charge in [0, 0.05) is 11.3 Å². The summed E-state index contributed by atoms with van der Waals surface area (Å²) in [5, 5.41) is 2.93. The molecule has 0 spiro atoms. The second-order valence-electron chi connectivity index (χ2n) is 7.90. The van der Waals surface area contributed by atoms with Crippen LogP contribution in [0, 0.1) is 13.8 Å². The monoisotopic (exact) mass is 500 g/mol. The van der Waals surface area contributed by atoms with Crippen LogP contribution in [0.15, 0.2) is 60.7 Å². The van der Waals surface area contributed by atoms with E-state index in [1.165, 1.54) is 29.8 Å². The summed E-state index contributed by atoms with van der Waals surface area (Å²) in [6.07, 6.45) is 1.17. The molecule has 1 amide bonds. The van der Waals surface area contributed by atoms with E-state index < -0.39 is 16.0 Å². The molecule has 0 radical (unpaired) electrons. The number of anilines is 2. The lowest BCUT2D eigenvalue weighted by Crippen LogP contribution is -2.30. The van der Waals surface area contributed by atoms with Crippen molar-refractivity contribution in [2.45, 2.75) is 20.4 Å². The Labute approximate surface area is 204 Å². The summed E-state index contributed by atoms with van der Waals surface area (Å²) in [4.78, 5) is 24.5. The average Bonchev–Trinajstić information content (AvgIpc) is 2.79. The summed E-state index contributed by atoms with van der Waals surface area (Å²) in [6, 6.07) is 16.8. The highest BCUT2D eigenvalue weighted by atomic mass is 35.5. The number of hydrogen-bond acceptors (Lipinski definition) is 5. The summed E-state index contributed by atoms with van der Waals surface area (Å²) in [7, 11) is -2.29. The number of carbonyl (C=O) groups is 2. The number of methoxy groups -OCH3 is 1. The van der Waals surface area contributed by atoms with Crippen molar-refractivity contribution in [3.63, 3.8) is 0 Å². The van der Waals surface area contributed by atoms with Crippen LogP contribution in [-0.2, 0) is 21.3 Å². The number of hydrogen-bond donors (Lipinski definition) is 1. The van der Waals surface area contributed by atoms with E-state index in [4.69, 9.17) is 16.3 Å². The zero-order valence-corrected chi connectivity index (χ0v) is 20.8. The van der Waals surface area contributed by atoms with Gasteiger partial charge < -0.3 is 10.1 Å². The van der Waals surface area contributed by atoms with E-state index in [-0.39, 0.29) is 23.0 Å². The highest BCUT2D eigenvalue weighted by molar-refractivity contribution is 7.92. The molecule has 0 aliphatic heterocycles. The zero-order valence-electron chi connectivity index (χ0n) is 19.3. The zero-order chi connectivity index (χ0) is 25.0. The van der Waals surface area contributed by atoms with Gasteiger partial charge in [-0.1, -0.05) is 35.9 Å². The summed E-state index contributed by atoms with van der Waals surface area (Å²) in [5.74, 6) is -0.996. The Balaban J connectivity index is 1.79. The molecule has 3 aromatic rings. The van der Waals surface area contributed by atoms with Crippen molar-refractivity contribution in [3.8, 4) is 0 Å². The van der Waals surface area contributed by atoms with Crippen LogP contribution in [0.3, 0.4) is 0 Å². The average molecular weight is 501 g/mol. The largest absolute Gasteiger partial charge is 0.465 e. The van der Waals surface area contributed by atoms with E-state index in [2.05, 4.69) is 5.32 Å². The first-order valence-corrected chi connectivity index (χ1v) is 12.6. The van der Waals surface area contributed by atoms with Crippen molar-refractivity contribution in [3.05, 3.63) is 93.5 Å². The van der Waals surface area contributed by atoms with Crippen molar-refractivity contribution < 1.29 is 22.7 Å². The van der Waals surface area contributed by atoms with E-state index in [1.807, 2.05) is 32.0 Å². The SMILES string of the molecule is COC(=O)c1cc(NC(=O)c2ccc(CN(c3cc(C)ccc3C)S(C)(=O)=O)cc2)ccc1Cl. The number of ether oxygens (including phenoxy) is 1. The van der Waals surface area contributed by atoms with Crippen LogP contribution < -0.4 is 9.62 Å². The molecule has 3 aromatic carbocycles. The number of rotatable bonds is 7. The van der Waals surface area contributed by atoms with Crippen LogP contribution in [0.1, 0.15) is 37.4 Å². The van der Waals surface area contributed by atoms with Gasteiger partial charge >= 0.3 is 5.97 Å². The maximum absolute atomic E-state index is 12.7. The number of benzene rings is 3. The molecule has 0 saturated heterocycles. The van der Waals surface area contributed by atoms with Crippen LogP contribution in [0.4, 0.5) is 11.4 Å². The Hall–Kier alpha value is -3.36. The van der Waals surface area contributed by atoms with E-state index in [9.17, 15) is 18.0 Å². The fourth-order valence-electron chi connectivity index (χ4n) is 3.37. The van der Waals surface area contributed by atoms with Gasteiger partial charge in [0.25, 0.3) is 5.91 Å². The Morgan fingerprint density at radius 3 is 2.29 bits per heavy atom. The summed E-state index contributed by atoms with van der Waals surface area (Å²) in [5.41, 5.74) is 4.05. The molecule has 0 bridgehead atoms. The summed E-state index contributed by atoms with van der Waals surface area (Å²) in [6.45, 7) is 3.90. The number of nitrogens with one attached hydrogen (secondary N) is 1. The Morgan fingerprint density at radius 1 is 1.00 bits per heavy atom. The molecule has 1 N–H and O–H groups in total. The van der Waals surface area contributed by atoms with Gasteiger partial charge in [0.1, 0.15) is 0 Å². The van der Waals surface area contributed by atoms with Gasteiger partial charge in [0.15, 0.2) is 0 Å². The molecule has 7 nitrogen and oxygen atoms in total. The van der Waals surface area contributed by atoms with Crippen LogP contribution in [0.5, 0.6) is 0 Å². The van der Waals surface area contributed by atoms with Crippen molar-refractivity contribution >= 4 is 44.9 Å². The quantitative estimate of drug-likeness (QED) is 0.463. The molecule has 0 fully saturated rings. The van der Waals surface area contributed by atoms with Gasteiger partial charge in [-0.25, -0.2) is 13.2 Å². The van der Waals surface area contributed by atoms with Gasteiger partial charge in [-0.3, -0.25) is 9.10 Å². The third-order valence-corrected chi connectivity index (χ3v) is 6.66. The molecule has 0 aromatic heterocycles. The van der Waals surface area contributed by atoms with Crippen molar-refractivity contribution in [2.24, 2.45) is 0 Å². The van der Waals surface area contributed by atoms with E-state index in [0.717, 1.165) is 16.7 Å².